The average Bonchev–Trinajstić information content (AvgIpc) is 3.40. The van der Waals surface area contributed by atoms with Gasteiger partial charge in [0.1, 0.15) is 36.6 Å². The molecule has 2 amide bonds. The molecule has 0 radical (unpaired) electrons. The minimum absolute atomic E-state index is 0.00183. The minimum Gasteiger partial charge on any atom is -0.459 e. The first-order chi connectivity index (χ1) is 35.8. The summed E-state index contributed by atoms with van der Waals surface area (Å²) in [6, 6.07) is 20.3. The zero-order valence-electron chi connectivity index (χ0n) is 43.5. The summed E-state index contributed by atoms with van der Waals surface area (Å²) >= 11 is 0. The van der Waals surface area contributed by atoms with Gasteiger partial charge in [-0.15, -0.1) is 6.58 Å². The Kier molecular flexibility index (Phi) is 24.1. The first-order valence-electron chi connectivity index (χ1n) is 27.2. The molecular formula is C59H82FN3O10. The SMILES string of the molecule is C=CCO[C@@]12Oc3ccc(OC(=O)NCCCCCCCCCCCC)cc3[C@H]3[C@H](CCCCO)[C@@H](CCCCO)C=C(C(=NOCC)C[C@@H]1N(Cc1ccc(F)cc1)C(=O)OCCOCc1ccccc1)[C@H]32. The summed E-state index contributed by atoms with van der Waals surface area (Å²) in [6.07, 6.45) is 19.1. The highest BCUT2D eigenvalue weighted by molar-refractivity contribution is 6.03. The molecule has 13 nitrogen and oxygen atoms in total. The Morgan fingerprint density at radius 2 is 1.58 bits per heavy atom. The number of fused-ring (bicyclic) bond motifs is 2. The number of rotatable bonds is 33. The summed E-state index contributed by atoms with van der Waals surface area (Å²) < 4.78 is 46.9. The molecule has 0 unspecified atom stereocenters. The first-order valence-corrected chi connectivity index (χ1v) is 27.2. The van der Waals surface area contributed by atoms with Crippen LogP contribution < -0.4 is 14.8 Å². The van der Waals surface area contributed by atoms with Gasteiger partial charge in [0, 0.05) is 44.2 Å². The van der Waals surface area contributed by atoms with Gasteiger partial charge < -0.3 is 44.1 Å². The highest BCUT2D eigenvalue weighted by Crippen LogP contribution is 2.62. The normalized spacial score (nSPS) is 21.3. The predicted octanol–water partition coefficient (Wildman–Crippen LogP) is 12.3. The fourth-order valence-electron chi connectivity index (χ4n) is 10.9. The van der Waals surface area contributed by atoms with Gasteiger partial charge in [0.2, 0.25) is 5.79 Å². The first kappa shape index (κ1) is 57.0. The quantitative estimate of drug-likeness (QED) is 0.0305. The molecule has 3 aliphatic rings. The number of oxime groups is 1. The number of nitrogens with one attached hydrogen (secondary N) is 1. The van der Waals surface area contributed by atoms with E-state index in [9.17, 15) is 24.2 Å². The Labute approximate surface area is 433 Å². The van der Waals surface area contributed by atoms with Crippen LogP contribution in [0.4, 0.5) is 14.0 Å². The molecule has 3 aromatic carbocycles. The number of benzene rings is 3. The van der Waals surface area contributed by atoms with Crippen LogP contribution in [0.2, 0.25) is 0 Å². The molecule has 73 heavy (non-hydrogen) atoms. The van der Waals surface area contributed by atoms with E-state index in [1.54, 1.807) is 29.2 Å². The van der Waals surface area contributed by atoms with Gasteiger partial charge in [0.15, 0.2) is 0 Å². The molecule has 1 aliphatic heterocycles. The van der Waals surface area contributed by atoms with Crippen LogP contribution in [0.5, 0.6) is 11.5 Å². The Morgan fingerprint density at radius 3 is 2.27 bits per heavy atom. The number of halogens is 1. The number of nitrogens with zero attached hydrogens (tertiary/aromatic N) is 2. The standard InChI is InChI=1S/C59H82FN3O10/c1-4-7-8-9-10-11-12-13-14-20-33-61-57(66)72-48-31-32-53-51(40-48)55-49(26-19-22-35-65)46(25-18-21-34-64)39-50-52(62-71-6-3)41-54(59(73-53,56(50)55)70-36-5-2)63(42-44-27-29-47(60)30-28-44)58(67)69-38-37-68-43-45-23-16-15-17-24-45/h5,15-17,23-24,27-32,39-40,46,49,54-56,64-65H,2,4,6-14,18-22,25-26,33-38,41-43H2,1,3H3,(H,61,66)/t46-,49+,54-,55+,56+,59+/m0/s1. The lowest BCUT2D eigenvalue weighted by molar-refractivity contribution is -0.256. The van der Waals surface area contributed by atoms with Crippen molar-refractivity contribution in [3.63, 3.8) is 0 Å². The zero-order chi connectivity index (χ0) is 51.7. The maximum absolute atomic E-state index is 14.9. The van der Waals surface area contributed by atoms with E-state index in [4.69, 9.17) is 33.7 Å². The molecule has 14 heteroatoms. The van der Waals surface area contributed by atoms with Gasteiger partial charge in [0.25, 0.3) is 0 Å². The molecule has 1 fully saturated rings. The van der Waals surface area contributed by atoms with Crippen LogP contribution in [-0.2, 0) is 32.2 Å². The molecule has 0 saturated heterocycles. The number of hydrogen-bond donors (Lipinski definition) is 3. The largest absolute Gasteiger partial charge is 0.459 e. The second-order valence-corrected chi connectivity index (χ2v) is 19.6. The lowest BCUT2D eigenvalue weighted by Gasteiger charge is -2.59. The molecule has 6 atom stereocenters. The summed E-state index contributed by atoms with van der Waals surface area (Å²) in [5.74, 6) is -2.14. The average molecular weight is 1010 g/mol. The van der Waals surface area contributed by atoms with E-state index < -0.39 is 35.8 Å². The highest BCUT2D eigenvalue weighted by Gasteiger charge is 2.65. The Balaban J connectivity index is 1.37. The van der Waals surface area contributed by atoms with Crippen LogP contribution in [0.15, 0.2) is 102 Å². The molecule has 2 aliphatic carbocycles. The van der Waals surface area contributed by atoms with Crippen molar-refractivity contribution in [2.45, 2.75) is 154 Å². The van der Waals surface area contributed by atoms with E-state index in [-0.39, 0.29) is 63.8 Å². The van der Waals surface area contributed by atoms with Gasteiger partial charge in [-0.25, -0.2) is 14.0 Å². The fraction of sp³-hybridized carbons (Fsp3) is 0.576. The van der Waals surface area contributed by atoms with Crippen LogP contribution in [0.25, 0.3) is 0 Å². The fourth-order valence-corrected chi connectivity index (χ4v) is 10.9. The number of allylic oxidation sites excluding steroid dienone is 1. The van der Waals surface area contributed by atoms with Crippen molar-refractivity contribution in [3.8, 4) is 11.5 Å². The van der Waals surface area contributed by atoms with Gasteiger partial charge in [0.05, 0.1) is 31.5 Å². The van der Waals surface area contributed by atoms with Crippen LogP contribution in [0.3, 0.4) is 0 Å². The van der Waals surface area contributed by atoms with E-state index >= 15 is 0 Å². The maximum atomic E-state index is 14.9. The summed E-state index contributed by atoms with van der Waals surface area (Å²) in [7, 11) is 0. The number of hydrogen-bond acceptors (Lipinski definition) is 11. The number of aliphatic hydroxyl groups is 2. The molecule has 0 aromatic heterocycles. The van der Waals surface area contributed by atoms with Gasteiger partial charge in [-0.1, -0.05) is 137 Å². The molecule has 6 rings (SSSR count). The molecule has 0 spiro atoms. The van der Waals surface area contributed by atoms with Gasteiger partial charge in [-0.2, -0.15) is 0 Å². The number of carbonyl (C=O) groups excluding carboxylic acids is 2. The van der Waals surface area contributed by atoms with Crippen LogP contribution in [0, 0.1) is 23.6 Å². The molecular weight excluding hydrogens is 930 g/mol. The molecule has 400 valence electrons. The topological polar surface area (TPSA) is 158 Å². The Hall–Kier alpha value is -5.28. The smallest absolute Gasteiger partial charge is 0.412 e. The molecule has 3 aromatic rings. The van der Waals surface area contributed by atoms with Gasteiger partial charge in [-0.3, -0.25) is 4.90 Å². The Bertz CT molecular complexity index is 2190. The van der Waals surface area contributed by atoms with Crippen LogP contribution >= 0.6 is 0 Å². The van der Waals surface area contributed by atoms with E-state index in [1.807, 2.05) is 49.4 Å². The third-order valence-corrected chi connectivity index (χ3v) is 14.4. The number of carbonyl (C=O) groups is 2. The zero-order valence-corrected chi connectivity index (χ0v) is 43.5. The maximum Gasteiger partial charge on any atom is 0.412 e. The van der Waals surface area contributed by atoms with Crippen molar-refractivity contribution < 1.29 is 52.7 Å². The third-order valence-electron chi connectivity index (χ3n) is 14.4. The number of unbranched alkanes of at least 4 members (excludes halogenated alkanes) is 11. The predicted molar refractivity (Wildman–Crippen MR) is 282 cm³/mol. The van der Waals surface area contributed by atoms with Gasteiger partial charge >= 0.3 is 12.2 Å². The Morgan fingerprint density at radius 1 is 0.863 bits per heavy atom. The minimum atomic E-state index is -1.58. The van der Waals surface area contributed by atoms with Crippen molar-refractivity contribution in [3.05, 3.63) is 120 Å². The second kappa shape index (κ2) is 30.8. The van der Waals surface area contributed by atoms with Crippen molar-refractivity contribution >= 4 is 17.9 Å². The van der Waals surface area contributed by atoms with Crippen molar-refractivity contribution in [2.24, 2.45) is 22.9 Å². The highest BCUT2D eigenvalue weighted by atomic mass is 19.1. The lowest BCUT2D eigenvalue weighted by Crippen LogP contribution is -2.70. The van der Waals surface area contributed by atoms with E-state index in [2.05, 4.69) is 24.9 Å². The molecule has 1 saturated carbocycles. The number of amides is 2. The van der Waals surface area contributed by atoms with Crippen LogP contribution in [0.1, 0.15) is 146 Å². The van der Waals surface area contributed by atoms with Crippen LogP contribution in [-0.4, -0.2) is 91.0 Å². The van der Waals surface area contributed by atoms with Crippen molar-refractivity contribution in [1.29, 1.82) is 0 Å². The second-order valence-electron chi connectivity index (χ2n) is 19.6. The third kappa shape index (κ3) is 16.4. The van der Waals surface area contributed by atoms with Gasteiger partial charge in [-0.05, 0) is 97.9 Å². The molecule has 0 bridgehead atoms. The van der Waals surface area contributed by atoms with Crippen molar-refractivity contribution in [2.75, 3.05) is 46.2 Å². The van der Waals surface area contributed by atoms with E-state index in [0.29, 0.717) is 55.4 Å². The summed E-state index contributed by atoms with van der Waals surface area (Å²) in [4.78, 5) is 35.8. The van der Waals surface area contributed by atoms with E-state index in [1.165, 1.54) is 57.1 Å². The summed E-state index contributed by atoms with van der Waals surface area (Å²) in [5.41, 5.74) is 3.94. The number of ether oxygens (including phenoxy) is 5. The monoisotopic (exact) mass is 1010 g/mol. The molecule has 3 N–H and O–H groups in total. The molecule has 1 heterocycles. The number of aliphatic hydroxyl groups excluding tert-OH is 2. The lowest BCUT2D eigenvalue weighted by atomic mass is 9.55. The van der Waals surface area contributed by atoms with Crippen molar-refractivity contribution in [1.82, 2.24) is 10.2 Å². The van der Waals surface area contributed by atoms with E-state index in [0.717, 1.165) is 61.6 Å². The summed E-state index contributed by atoms with van der Waals surface area (Å²) in [6.45, 7) is 9.55. The summed E-state index contributed by atoms with van der Waals surface area (Å²) in [5, 5.41) is 27.7.